The van der Waals surface area contributed by atoms with Crippen molar-refractivity contribution in [3.63, 3.8) is 0 Å². The molecule has 1 saturated heterocycles. The molecule has 2 aromatic carbocycles. The van der Waals surface area contributed by atoms with Gasteiger partial charge in [-0.1, -0.05) is 12.1 Å². The predicted octanol–water partition coefficient (Wildman–Crippen LogP) is 2.20. The molecule has 158 valence electrons. The number of amides is 1. The Morgan fingerprint density at radius 1 is 1.07 bits per heavy atom. The summed E-state index contributed by atoms with van der Waals surface area (Å²) < 4.78 is 32.4. The maximum atomic E-state index is 13.0. The van der Waals surface area contributed by atoms with Crippen LogP contribution < -0.4 is 10.6 Å². The van der Waals surface area contributed by atoms with Crippen molar-refractivity contribution < 1.29 is 22.7 Å². The van der Waals surface area contributed by atoms with Crippen LogP contribution in [0.5, 0.6) is 0 Å². The van der Waals surface area contributed by atoms with Gasteiger partial charge < -0.3 is 15.4 Å². The van der Waals surface area contributed by atoms with E-state index in [9.17, 15) is 18.0 Å². The Balaban J connectivity index is 1.47. The second-order valence-corrected chi connectivity index (χ2v) is 9.29. The summed E-state index contributed by atoms with van der Waals surface area (Å²) >= 11 is 0. The minimum absolute atomic E-state index is 0.123. The third kappa shape index (κ3) is 3.66. The van der Waals surface area contributed by atoms with Gasteiger partial charge >= 0.3 is 5.97 Å². The van der Waals surface area contributed by atoms with Crippen LogP contribution in [0.3, 0.4) is 0 Å². The average molecular weight is 429 g/mol. The van der Waals surface area contributed by atoms with E-state index in [4.69, 9.17) is 4.74 Å². The van der Waals surface area contributed by atoms with Crippen LogP contribution in [0.2, 0.25) is 0 Å². The van der Waals surface area contributed by atoms with Crippen LogP contribution >= 0.6 is 0 Å². The lowest BCUT2D eigenvalue weighted by Gasteiger charge is -2.45. The molecule has 9 heteroatoms. The number of sulfonamides is 1. The highest BCUT2D eigenvalue weighted by Gasteiger charge is 2.42. The van der Waals surface area contributed by atoms with Gasteiger partial charge in [-0.25, -0.2) is 13.2 Å². The van der Waals surface area contributed by atoms with E-state index in [1.165, 1.54) is 28.6 Å². The van der Waals surface area contributed by atoms with Gasteiger partial charge in [0.05, 0.1) is 22.6 Å². The quantitative estimate of drug-likeness (QED) is 0.722. The molecule has 0 aromatic heterocycles. The lowest BCUT2D eigenvalue weighted by atomic mass is 9.93. The summed E-state index contributed by atoms with van der Waals surface area (Å²) in [5.41, 5.74) is 0.985. The minimum atomic E-state index is -3.71. The van der Waals surface area contributed by atoms with E-state index < -0.39 is 21.7 Å². The number of ether oxygens (including phenoxy) is 1. The highest BCUT2D eigenvalue weighted by Crippen LogP contribution is 2.33. The van der Waals surface area contributed by atoms with E-state index in [0.29, 0.717) is 24.0 Å². The summed E-state index contributed by atoms with van der Waals surface area (Å²) in [6, 6.07) is 13.0. The van der Waals surface area contributed by atoms with Gasteiger partial charge in [0, 0.05) is 31.6 Å². The van der Waals surface area contributed by atoms with Crippen molar-refractivity contribution in [1.29, 1.82) is 0 Å². The van der Waals surface area contributed by atoms with Gasteiger partial charge in [-0.3, -0.25) is 4.79 Å². The number of rotatable bonds is 4. The Kier molecular flexibility index (Phi) is 5.25. The lowest BCUT2D eigenvalue weighted by Crippen LogP contribution is -2.62. The van der Waals surface area contributed by atoms with E-state index in [-0.39, 0.29) is 30.5 Å². The van der Waals surface area contributed by atoms with Crippen LogP contribution in [0.1, 0.15) is 40.5 Å². The number of carbonyl (C=O) groups excluding carboxylic acids is 2. The van der Waals surface area contributed by atoms with Crippen molar-refractivity contribution in [2.24, 2.45) is 0 Å². The summed E-state index contributed by atoms with van der Waals surface area (Å²) in [5, 5.41) is 6.39. The molecule has 1 fully saturated rings. The van der Waals surface area contributed by atoms with Crippen LogP contribution in [0.25, 0.3) is 0 Å². The van der Waals surface area contributed by atoms with Crippen molar-refractivity contribution in [1.82, 2.24) is 9.62 Å². The number of carbonyl (C=O) groups is 2. The average Bonchev–Trinajstić information content (AvgIpc) is 2.74. The molecule has 2 N–H and O–H groups in total. The number of para-hydroxylation sites is 1. The fraction of sp³-hybridized carbons (Fsp3) is 0.333. The Morgan fingerprint density at radius 3 is 2.40 bits per heavy atom. The van der Waals surface area contributed by atoms with Gasteiger partial charge in [0.15, 0.2) is 0 Å². The largest absolute Gasteiger partial charge is 0.462 e. The SMILES string of the molecule is CCOC(=O)c1ccc(S(=O)(=O)N2CCC3(CC2)NC(=O)c2ccccc2N3)cc1. The number of nitrogens with one attached hydrogen (secondary N) is 2. The molecule has 0 aliphatic carbocycles. The topological polar surface area (TPSA) is 105 Å². The fourth-order valence-electron chi connectivity index (χ4n) is 3.85. The second-order valence-electron chi connectivity index (χ2n) is 7.36. The molecule has 0 atom stereocenters. The zero-order valence-corrected chi connectivity index (χ0v) is 17.4. The number of anilines is 1. The number of hydrogen-bond donors (Lipinski definition) is 2. The Bertz CT molecular complexity index is 1070. The molecule has 2 aromatic rings. The summed E-state index contributed by atoms with van der Waals surface area (Å²) in [6.07, 6.45) is 0.875. The number of benzene rings is 2. The molecule has 8 nitrogen and oxygen atoms in total. The first kappa shape index (κ1) is 20.4. The zero-order chi connectivity index (χ0) is 21.4. The fourth-order valence-corrected chi connectivity index (χ4v) is 5.29. The number of hydrogen-bond acceptors (Lipinski definition) is 6. The predicted molar refractivity (Wildman–Crippen MR) is 111 cm³/mol. The van der Waals surface area contributed by atoms with Crippen LogP contribution in [-0.2, 0) is 14.8 Å². The van der Waals surface area contributed by atoms with E-state index >= 15 is 0 Å². The highest BCUT2D eigenvalue weighted by molar-refractivity contribution is 7.89. The number of nitrogens with zero attached hydrogens (tertiary/aromatic N) is 1. The molecule has 2 aliphatic heterocycles. The molecule has 2 heterocycles. The molecule has 30 heavy (non-hydrogen) atoms. The molecule has 4 rings (SSSR count). The van der Waals surface area contributed by atoms with Crippen molar-refractivity contribution in [2.45, 2.75) is 30.3 Å². The molecular formula is C21H23N3O5S. The standard InChI is InChI=1S/C21H23N3O5S/c1-2-29-20(26)15-7-9-16(10-8-15)30(27,28)24-13-11-21(12-14-24)22-18-6-4-3-5-17(18)19(25)23-21/h3-10,22H,2,11-14H2,1H3,(H,23,25). The molecule has 1 spiro atoms. The highest BCUT2D eigenvalue weighted by atomic mass is 32.2. The minimum Gasteiger partial charge on any atom is -0.462 e. The van der Waals surface area contributed by atoms with Crippen LogP contribution in [-0.4, -0.2) is 50.0 Å². The van der Waals surface area contributed by atoms with E-state index in [2.05, 4.69) is 10.6 Å². The summed E-state index contributed by atoms with van der Waals surface area (Å²) in [6.45, 7) is 2.49. The van der Waals surface area contributed by atoms with E-state index in [1.54, 1.807) is 19.1 Å². The molecule has 0 unspecified atom stereocenters. The monoisotopic (exact) mass is 429 g/mol. The second kappa shape index (κ2) is 7.73. The molecule has 0 radical (unpaired) electrons. The van der Waals surface area contributed by atoms with Gasteiger partial charge in [-0.2, -0.15) is 4.31 Å². The van der Waals surface area contributed by atoms with Gasteiger partial charge in [-0.05, 0) is 43.3 Å². The van der Waals surface area contributed by atoms with Gasteiger partial charge in [0.1, 0.15) is 5.66 Å². The van der Waals surface area contributed by atoms with Crippen molar-refractivity contribution in [2.75, 3.05) is 25.0 Å². The number of piperidine rings is 1. The molecule has 0 saturated carbocycles. The summed E-state index contributed by atoms with van der Waals surface area (Å²) in [5.74, 6) is -0.643. The first-order chi connectivity index (χ1) is 14.3. The summed E-state index contributed by atoms with van der Waals surface area (Å²) in [7, 11) is -3.71. The smallest absolute Gasteiger partial charge is 0.338 e. The Hall–Kier alpha value is -2.91. The van der Waals surface area contributed by atoms with Crippen LogP contribution in [0.15, 0.2) is 53.4 Å². The Labute approximate surface area is 175 Å². The van der Waals surface area contributed by atoms with Gasteiger partial charge in [0.25, 0.3) is 5.91 Å². The lowest BCUT2D eigenvalue weighted by molar-refractivity contribution is 0.0526. The normalized spacial score (nSPS) is 18.2. The first-order valence-corrected chi connectivity index (χ1v) is 11.3. The maximum Gasteiger partial charge on any atom is 0.338 e. The van der Waals surface area contributed by atoms with Crippen molar-refractivity contribution in [3.8, 4) is 0 Å². The van der Waals surface area contributed by atoms with Crippen LogP contribution in [0, 0.1) is 0 Å². The van der Waals surface area contributed by atoms with E-state index in [0.717, 1.165) is 5.69 Å². The summed E-state index contributed by atoms with van der Waals surface area (Å²) in [4.78, 5) is 24.4. The van der Waals surface area contributed by atoms with E-state index in [1.807, 2.05) is 12.1 Å². The third-order valence-corrected chi connectivity index (χ3v) is 7.39. The van der Waals surface area contributed by atoms with Gasteiger partial charge in [0.2, 0.25) is 10.0 Å². The van der Waals surface area contributed by atoms with Gasteiger partial charge in [-0.15, -0.1) is 0 Å². The first-order valence-electron chi connectivity index (χ1n) is 9.82. The zero-order valence-electron chi connectivity index (χ0n) is 16.6. The van der Waals surface area contributed by atoms with Crippen molar-refractivity contribution >= 4 is 27.6 Å². The molecular weight excluding hydrogens is 406 g/mol. The molecule has 0 bridgehead atoms. The third-order valence-electron chi connectivity index (χ3n) is 5.48. The maximum absolute atomic E-state index is 13.0. The molecule has 1 amide bonds. The number of esters is 1. The Morgan fingerprint density at radius 2 is 1.73 bits per heavy atom. The van der Waals surface area contributed by atoms with Crippen LogP contribution in [0.4, 0.5) is 5.69 Å². The number of fused-ring (bicyclic) bond motifs is 1. The molecule has 2 aliphatic rings. The van der Waals surface area contributed by atoms with Crippen molar-refractivity contribution in [3.05, 3.63) is 59.7 Å².